The summed E-state index contributed by atoms with van der Waals surface area (Å²) < 4.78 is 29.1. The summed E-state index contributed by atoms with van der Waals surface area (Å²) in [6.45, 7) is 9.64. The molecule has 0 saturated carbocycles. The normalized spacial score (nSPS) is 13.0. The van der Waals surface area contributed by atoms with Gasteiger partial charge in [0, 0.05) is 0 Å². The lowest BCUT2D eigenvalue weighted by Gasteiger charge is -2.19. The fraction of sp³-hybridized carbons (Fsp3) is 0.947. The number of hydrogen-bond donors (Lipinski definition) is 0. The zero-order valence-corrected chi connectivity index (χ0v) is 17.7. The monoisotopic (exact) mass is 378 g/mol. The molecule has 0 fully saturated rings. The first-order valence-corrected chi connectivity index (χ1v) is 11.8. The molecule has 1 atom stereocenters. The second-order valence-electron chi connectivity index (χ2n) is 6.56. The molecule has 0 amide bonds. The fourth-order valence-corrected chi connectivity index (χ4v) is 3.88. The van der Waals surface area contributed by atoms with E-state index in [1.165, 1.54) is 0 Å². The van der Waals surface area contributed by atoms with Crippen molar-refractivity contribution in [2.75, 3.05) is 26.0 Å². The maximum atomic E-state index is 12.8. The Morgan fingerprint density at radius 2 is 1.48 bits per heavy atom. The summed E-state index contributed by atoms with van der Waals surface area (Å²) in [6, 6.07) is 0. The first-order chi connectivity index (χ1) is 12.0. The Hall–Kier alpha value is -0.380. The molecule has 0 bridgehead atoms. The molecule has 0 rings (SSSR count). The number of carbonyl (C=O) groups excluding carboxylic acids is 1. The SMILES string of the molecule is CCCCOP(=O)(CCC(=O)OCC(CC)CCCC)OCCCC. The Morgan fingerprint density at radius 3 is 1.96 bits per heavy atom. The molecule has 0 aliphatic carbocycles. The molecule has 0 aromatic carbocycles. The molecule has 1 unspecified atom stereocenters. The number of rotatable bonds is 17. The van der Waals surface area contributed by atoms with E-state index in [4.69, 9.17) is 13.8 Å². The van der Waals surface area contributed by atoms with Gasteiger partial charge in [-0.15, -0.1) is 0 Å². The van der Waals surface area contributed by atoms with Crippen LogP contribution >= 0.6 is 7.60 Å². The molecule has 25 heavy (non-hydrogen) atoms. The van der Waals surface area contributed by atoms with E-state index in [0.717, 1.165) is 51.4 Å². The number of hydrogen-bond acceptors (Lipinski definition) is 5. The minimum Gasteiger partial charge on any atom is -0.465 e. The number of carbonyl (C=O) groups is 1. The van der Waals surface area contributed by atoms with Gasteiger partial charge in [-0.25, -0.2) is 0 Å². The van der Waals surface area contributed by atoms with Crippen molar-refractivity contribution in [1.82, 2.24) is 0 Å². The Bertz CT molecular complexity index is 359. The quantitative estimate of drug-likeness (QED) is 0.177. The highest BCUT2D eigenvalue weighted by Gasteiger charge is 2.26. The van der Waals surface area contributed by atoms with Crippen LogP contribution in [0.4, 0.5) is 0 Å². The van der Waals surface area contributed by atoms with Crippen molar-refractivity contribution in [2.24, 2.45) is 5.92 Å². The summed E-state index contributed by atoms with van der Waals surface area (Å²) in [5.74, 6) is 0.102. The Morgan fingerprint density at radius 1 is 0.920 bits per heavy atom. The average molecular weight is 378 g/mol. The second kappa shape index (κ2) is 15.8. The van der Waals surface area contributed by atoms with Crippen LogP contribution in [0.2, 0.25) is 0 Å². The van der Waals surface area contributed by atoms with Crippen molar-refractivity contribution in [3.8, 4) is 0 Å². The summed E-state index contributed by atoms with van der Waals surface area (Å²) >= 11 is 0. The van der Waals surface area contributed by atoms with Gasteiger partial charge < -0.3 is 13.8 Å². The van der Waals surface area contributed by atoms with Gasteiger partial charge >= 0.3 is 13.6 Å². The largest absolute Gasteiger partial charge is 0.465 e. The van der Waals surface area contributed by atoms with Crippen LogP contribution < -0.4 is 0 Å². The molecule has 0 aliphatic heterocycles. The summed E-state index contributed by atoms with van der Waals surface area (Å²) in [4.78, 5) is 12.0. The lowest BCUT2D eigenvalue weighted by Crippen LogP contribution is -2.15. The average Bonchev–Trinajstić information content (AvgIpc) is 2.61. The topological polar surface area (TPSA) is 61.8 Å². The maximum Gasteiger partial charge on any atom is 0.331 e. The standard InChI is InChI=1S/C19H39O5P/c1-5-9-12-18(8-4)17-22-19(20)13-16-25(21,23-14-10-6-2)24-15-11-7-3/h18H,5-17H2,1-4H3. The van der Waals surface area contributed by atoms with Gasteiger partial charge in [0.05, 0.1) is 32.4 Å². The highest BCUT2D eigenvalue weighted by molar-refractivity contribution is 7.53. The van der Waals surface area contributed by atoms with Crippen LogP contribution in [0.5, 0.6) is 0 Å². The van der Waals surface area contributed by atoms with Crippen LogP contribution in [0.3, 0.4) is 0 Å². The molecule has 0 radical (unpaired) electrons. The Labute approximate surface area is 154 Å². The van der Waals surface area contributed by atoms with Gasteiger partial charge in [0.1, 0.15) is 0 Å². The predicted octanol–water partition coefficient (Wildman–Crippen LogP) is 5.96. The molecule has 0 aliphatic rings. The third-order valence-electron chi connectivity index (χ3n) is 4.18. The summed E-state index contributed by atoms with van der Waals surface area (Å²) in [7, 11) is -3.21. The van der Waals surface area contributed by atoms with Crippen LogP contribution in [-0.2, 0) is 23.1 Å². The molecule has 0 aromatic rings. The smallest absolute Gasteiger partial charge is 0.331 e. The number of ether oxygens (including phenoxy) is 1. The van der Waals surface area contributed by atoms with Gasteiger partial charge in [0.2, 0.25) is 0 Å². The van der Waals surface area contributed by atoms with Crippen molar-refractivity contribution in [3.05, 3.63) is 0 Å². The molecule has 6 heteroatoms. The van der Waals surface area contributed by atoms with Crippen LogP contribution in [-0.4, -0.2) is 32.0 Å². The highest BCUT2D eigenvalue weighted by atomic mass is 31.2. The molecule has 5 nitrogen and oxygen atoms in total. The van der Waals surface area contributed by atoms with E-state index >= 15 is 0 Å². The van der Waals surface area contributed by atoms with Gasteiger partial charge in [-0.3, -0.25) is 9.36 Å². The van der Waals surface area contributed by atoms with Crippen LogP contribution in [0, 0.1) is 5.92 Å². The van der Waals surface area contributed by atoms with E-state index in [0.29, 0.717) is 25.7 Å². The van der Waals surface area contributed by atoms with Gasteiger partial charge in [-0.05, 0) is 25.2 Å². The Kier molecular flexibility index (Phi) is 15.6. The molecule has 150 valence electrons. The number of unbranched alkanes of at least 4 members (excludes halogenated alkanes) is 3. The first kappa shape index (κ1) is 24.6. The zero-order valence-electron chi connectivity index (χ0n) is 16.8. The minimum absolute atomic E-state index is 0.0831. The maximum absolute atomic E-state index is 12.8. The van der Waals surface area contributed by atoms with Crippen LogP contribution in [0.25, 0.3) is 0 Å². The molecule has 0 saturated heterocycles. The molecule has 0 N–H and O–H groups in total. The molecular weight excluding hydrogens is 339 g/mol. The zero-order chi connectivity index (χ0) is 19.0. The van der Waals surface area contributed by atoms with E-state index in [1.807, 2.05) is 13.8 Å². The summed E-state index contributed by atoms with van der Waals surface area (Å²) in [6.07, 6.45) is 8.18. The van der Waals surface area contributed by atoms with E-state index in [9.17, 15) is 9.36 Å². The van der Waals surface area contributed by atoms with Crippen molar-refractivity contribution in [1.29, 1.82) is 0 Å². The second-order valence-corrected chi connectivity index (χ2v) is 8.74. The van der Waals surface area contributed by atoms with Gasteiger partial charge in [0.15, 0.2) is 0 Å². The van der Waals surface area contributed by atoms with Crippen LogP contribution in [0.15, 0.2) is 0 Å². The molecule has 0 heterocycles. The third kappa shape index (κ3) is 13.5. The predicted molar refractivity (Wildman–Crippen MR) is 103 cm³/mol. The minimum atomic E-state index is -3.21. The summed E-state index contributed by atoms with van der Waals surface area (Å²) in [5, 5.41) is 0. The lowest BCUT2D eigenvalue weighted by molar-refractivity contribution is -0.144. The molecule has 0 spiro atoms. The first-order valence-electron chi connectivity index (χ1n) is 10.0. The van der Waals surface area contributed by atoms with Crippen molar-refractivity contribution >= 4 is 13.6 Å². The lowest BCUT2D eigenvalue weighted by atomic mass is 10.0. The third-order valence-corrected chi connectivity index (χ3v) is 6.11. The van der Waals surface area contributed by atoms with Crippen molar-refractivity contribution in [2.45, 2.75) is 85.5 Å². The fourth-order valence-electron chi connectivity index (χ4n) is 2.27. The van der Waals surface area contributed by atoms with Gasteiger partial charge in [-0.2, -0.15) is 0 Å². The van der Waals surface area contributed by atoms with Crippen molar-refractivity contribution < 1.29 is 23.1 Å². The van der Waals surface area contributed by atoms with Gasteiger partial charge in [0.25, 0.3) is 0 Å². The molecular formula is C19H39O5P. The highest BCUT2D eigenvalue weighted by Crippen LogP contribution is 2.49. The van der Waals surface area contributed by atoms with E-state index in [2.05, 4.69) is 13.8 Å². The van der Waals surface area contributed by atoms with Crippen molar-refractivity contribution in [3.63, 3.8) is 0 Å². The van der Waals surface area contributed by atoms with E-state index in [-0.39, 0.29) is 18.6 Å². The summed E-state index contributed by atoms with van der Waals surface area (Å²) in [5.41, 5.74) is 0. The van der Waals surface area contributed by atoms with E-state index in [1.54, 1.807) is 0 Å². The number of esters is 1. The van der Waals surface area contributed by atoms with Gasteiger partial charge in [-0.1, -0.05) is 59.8 Å². The molecule has 0 aromatic heterocycles. The van der Waals surface area contributed by atoms with E-state index < -0.39 is 7.60 Å². The van der Waals surface area contributed by atoms with Crippen LogP contribution in [0.1, 0.15) is 85.5 Å². The Balaban J connectivity index is 4.30.